The molecule has 0 fully saturated rings. The lowest BCUT2D eigenvalue weighted by Gasteiger charge is -2.08. The zero-order chi connectivity index (χ0) is 10.9. The number of nitrogens with two attached hydrogens (primary N) is 1. The average molecular weight is 200 g/mol. The van der Waals surface area contributed by atoms with E-state index in [1.165, 1.54) is 14.0 Å². The maximum Gasteiger partial charge on any atom is 0.257 e. The molecule has 1 amide bonds. The zero-order valence-corrected chi connectivity index (χ0v) is 7.82. The summed E-state index contributed by atoms with van der Waals surface area (Å²) in [5.41, 5.74) is 4.79. The first-order chi connectivity index (χ1) is 6.49. The van der Waals surface area contributed by atoms with E-state index in [1.807, 2.05) is 0 Å². The molecule has 0 bridgehead atoms. The molecular weight excluding hydrogens is 190 g/mol. The van der Waals surface area contributed by atoms with Crippen molar-refractivity contribution in [3.63, 3.8) is 0 Å². The maximum absolute atomic E-state index is 13.4. The summed E-state index contributed by atoms with van der Waals surface area (Å²) in [4.78, 5) is 11.1. The van der Waals surface area contributed by atoms with Crippen LogP contribution >= 0.6 is 0 Å². The van der Waals surface area contributed by atoms with Gasteiger partial charge in [-0.05, 0) is 13.0 Å². The molecule has 1 rings (SSSR count). The van der Waals surface area contributed by atoms with Gasteiger partial charge in [0.1, 0.15) is 17.2 Å². The molecule has 0 aliphatic heterocycles. The number of rotatable bonds is 1. The van der Waals surface area contributed by atoms with E-state index in [9.17, 15) is 13.6 Å². The van der Waals surface area contributed by atoms with E-state index in [0.29, 0.717) is 0 Å². The van der Waals surface area contributed by atoms with Crippen molar-refractivity contribution in [3.8, 4) is 0 Å². The van der Waals surface area contributed by atoms with E-state index in [-0.39, 0.29) is 11.3 Å². The zero-order valence-electron chi connectivity index (χ0n) is 7.82. The molecule has 0 radical (unpaired) electrons. The van der Waals surface area contributed by atoms with Crippen LogP contribution in [-0.2, 0) is 0 Å². The second kappa shape index (κ2) is 3.61. The predicted octanol–water partition coefficient (Wildman–Crippen LogP) is 1.22. The Hall–Kier alpha value is -1.65. The number of carbonyl (C=O) groups is 1. The predicted molar refractivity (Wildman–Crippen MR) is 48.9 cm³/mol. The Morgan fingerprint density at radius 3 is 2.57 bits per heavy atom. The third-order valence-electron chi connectivity index (χ3n) is 1.96. The van der Waals surface area contributed by atoms with E-state index in [2.05, 4.69) is 5.32 Å². The highest BCUT2D eigenvalue weighted by Gasteiger charge is 2.19. The van der Waals surface area contributed by atoms with Crippen LogP contribution in [0.4, 0.5) is 14.5 Å². The quantitative estimate of drug-likeness (QED) is 0.669. The fourth-order valence-electron chi connectivity index (χ4n) is 1.07. The third-order valence-corrected chi connectivity index (χ3v) is 1.96. The van der Waals surface area contributed by atoms with Crippen LogP contribution in [0.5, 0.6) is 0 Å². The molecule has 0 atom stereocenters. The van der Waals surface area contributed by atoms with Crippen LogP contribution in [0.2, 0.25) is 0 Å². The number of carbonyl (C=O) groups excluding carboxylic acids is 1. The number of hydrogen-bond donors (Lipinski definition) is 2. The van der Waals surface area contributed by atoms with Gasteiger partial charge >= 0.3 is 0 Å². The molecule has 0 heterocycles. The Labute approximate surface area is 79.9 Å². The first-order valence-electron chi connectivity index (χ1n) is 3.95. The van der Waals surface area contributed by atoms with Crippen molar-refractivity contribution < 1.29 is 13.6 Å². The number of hydrogen-bond acceptors (Lipinski definition) is 2. The molecule has 0 unspecified atom stereocenters. The molecule has 0 saturated carbocycles. The van der Waals surface area contributed by atoms with Gasteiger partial charge in [0, 0.05) is 18.3 Å². The first kappa shape index (κ1) is 10.4. The van der Waals surface area contributed by atoms with Crippen molar-refractivity contribution in [2.24, 2.45) is 0 Å². The average Bonchev–Trinajstić information content (AvgIpc) is 2.14. The Kier molecular flexibility index (Phi) is 2.69. The van der Waals surface area contributed by atoms with Crippen LogP contribution in [0.1, 0.15) is 15.9 Å². The van der Waals surface area contributed by atoms with Gasteiger partial charge in [-0.3, -0.25) is 4.79 Å². The summed E-state index contributed by atoms with van der Waals surface area (Å²) in [6, 6.07) is 0.934. The standard InChI is InChI=1S/C9H10F2N2O/c1-4-6(12)3-5(10)7(8(4)11)9(14)13-2/h3H,12H2,1-2H3,(H,13,14). The summed E-state index contributed by atoms with van der Waals surface area (Å²) in [5, 5.41) is 2.15. The topological polar surface area (TPSA) is 55.1 Å². The molecule has 1 aromatic rings. The van der Waals surface area contributed by atoms with Crippen LogP contribution in [-0.4, -0.2) is 13.0 Å². The number of anilines is 1. The van der Waals surface area contributed by atoms with Crippen LogP contribution in [0.25, 0.3) is 0 Å². The lowest BCUT2D eigenvalue weighted by Crippen LogP contribution is -2.21. The highest BCUT2D eigenvalue weighted by Crippen LogP contribution is 2.21. The smallest absolute Gasteiger partial charge is 0.257 e. The molecule has 5 heteroatoms. The highest BCUT2D eigenvalue weighted by molar-refractivity contribution is 5.95. The van der Waals surface area contributed by atoms with E-state index < -0.39 is 23.1 Å². The minimum atomic E-state index is -0.954. The molecule has 1 aromatic carbocycles. The number of amides is 1. The molecule has 0 saturated heterocycles. The summed E-state index contributed by atoms with van der Waals surface area (Å²) in [5.74, 6) is -2.67. The Balaban J connectivity index is 3.44. The summed E-state index contributed by atoms with van der Waals surface area (Å²) in [6.45, 7) is 1.39. The van der Waals surface area contributed by atoms with Crippen LogP contribution in [0.3, 0.4) is 0 Å². The molecule has 14 heavy (non-hydrogen) atoms. The largest absolute Gasteiger partial charge is 0.398 e. The normalized spacial score (nSPS) is 10.0. The summed E-state index contributed by atoms with van der Waals surface area (Å²) >= 11 is 0. The van der Waals surface area contributed by atoms with E-state index in [4.69, 9.17) is 5.73 Å². The Morgan fingerprint density at radius 1 is 1.50 bits per heavy atom. The maximum atomic E-state index is 13.4. The first-order valence-corrected chi connectivity index (χ1v) is 3.95. The summed E-state index contributed by atoms with van der Waals surface area (Å²) < 4.78 is 26.5. The van der Waals surface area contributed by atoms with Crippen molar-refractivity contribution in [2.45, 2.75) is 6.92 Å². The van der Waals surface area contributed by atoms with Crippen molar-refractivity contribution >= 4 is 11.6 Å². The van der Waals surface area contributed by atoms with E-state index >= 15 is 0 Å². The monoisotopic (exact) mass is 200 g/mol. The van der Waals surface area contributed by atoms with Crippen molar-refractivity contribution in [1.29, 1.82) is 0 Å². The highest BCUT2D eigenvalue weighted by atomic mass is 19.1. The number of halogens is 2. The van der Waals surface area contributed by atoms with Gasteiger partial charge in [-0.2, -0.15) is 0 Å². The fourth-order valence-corrected chi connectivity index (χ4v) is 1.07. The molecule has 0 aromatic heterocycles. The van der Waals surface area contributed by atoms with Gasteiger partial charge in [0.25, 0.3) is 5.91 Å². The second-order valence-electron chi connectivity index (χ2n) is 2.84. The van der Waals surface area contributed by atoms with Crippen molar-refractivity contribution in [3.05, 3.63) is 28.8 Å². The Morgan fingerprint density at radius 2 is 2.07 bits per heavy atom. The van der Waals surface area contributed by atoms with E-state index in [0.717, 1.165) is 6.07 Å². The fraction of sp³-hybridized carbons (Fsp3) is 0.222. The van der Waals surface area contributed by atoms with Gasteiger partial charge in [-0.25, -0.2) is 8.78 Å². The molecule has 3 N–H and O–H groups in total. The molecule has 0 spiro atoms. The van der Waals surface area contributed by atoms with Gasteiger partial charge < -0.3 is 11.1 Å². The van der Waals surface area contributed by atoms with Gasteiger partial charge in [-0.15, -0.1) is 0 Å². The lowest BCUT2D eigenvalue weighted by atomic mass is 10.1. The van der Waals surface area contributed by atoms with Crippen molar-refractivity contribution in [1.82, 2.24) is 5.32 Å². The van der Waals surface area contributed by atoms with E-state index in [1.54, 1.807) is 0 Å². The Bertz CT molecular complexity index is 391. The molecule has 3 nitrogen and oxygen atoms in total. The minimum absolute atomic E-state index is 0.00680. The van der Waals surface area contributed by atoms with Crippen molar-refractivity contribution in [2.75, 3.05) is 12.8 Å². The van der Waals surface area contributed by atoms with Gasteiger partial charge in [0.2, 0.25) is 0 Å². The summed E-state index contributed by atoms with van der Waals surface area (Å²) in [6.07, 6.45) is 0. The van der Waals surface area contributed by atoms with Crippen LogP contribution < -0.4 is 11.1 Å². The minimum Gasteiger partial charge on any atom is -0.398 e. The summed E-state index contributed by atoms with van der Waals surface area (Å²) in [7, 11) is 1.30. The SMILES string of the molecule is CNC(=O)c1c(F)cc(N)c(C)c1F. The van der Waals surface area contributed by atoms with Gasteiger partial charge in [-0.1, -0.05) is 0 Å². The number of nitrogens with one attached hydrogen (secondary N) is 1. The second-order valence-corrected chi connectivity index (χ2v) is 2.84. The van der Waals surface area contributed by atoms with Gasteiger partial charge in [0.05, 0.1) is 0 Å². The molecular formula is C9H10F2N2O. The van der Waals surface area contributed by atoms with Crippen LogP contribution in [0.15, 0.2) is 6.07 Å². The molecule has 0 aliphatic rings. The third kappa shape index (κ3) is 1.53. The van der Waals surface area contributed by atoms with Crippen LogP contribution in [0, 0.1) is 18.6 Å². The lowest BCUT2D eigenvalue weighted by molar-refractivity contribution is 0.0954. The molecule has 76 valence electrons. The number of nitrogen functional groups attached to an aromatic ring is 1. The number of benzene rings is 1. The molecule has 0 aliphatic carbocycles. The van der Waals surface area contributed by atoms with Gasteiger partial charge in [0.15, 0.2) is 0 Å².